The van der Waals surface area contributed by atoms with Crippen LogP contribution < -0.4 is 15.4 Å². The van der Waals surface area contributed by atoms with E-state index in [9.17, 15) is 0 Å². The predicted molar refractivity (Wildman–Crippen MR) is 81.8 cm³/mol. The molecule has 2 N–H and O–H groups in total. The first kappa shape index (κ1) is 14.0. The van der Waals surface area contributed by atoms with E-state index in [0.29, 0.717) is 12.0 Å². The second kappa shape index (κ2) is 6.18. The van der Waals surface area contributed by atoms with Crippen molar-refractivity contribution in [2.75, 3.05) is 23.8 Å². The standard InChI is InChI=1S/C16H26N2O/c1-4-10-19-16-11-13(7-8-14(16)17)18-9-5-6-15(18)12(2)3/h7-8,11-12,15H,4-6,9-10,17H2,1-3H3. The Hall–Kier alpha value is -1.38. The van der Waals surface area contributed by atoms with Gasteiger partial charge in [-0.05, 0) is 37.3 Å². The molecule has 1 saturated heterocycles. The van der Waals surface area contributed by atoms with Gasteiger partial charge in [-0.15, -0.1) is 0 Å². The predicted octanol–water partition coefficient (Wildman–Crippen LogP) is 3.68. The van der Waals surface area contributed by atoms with Gasteiger partial charge in [0.05, 0.1) is 12.3 Å². The van der Waals surface area contributed by atoms with E-state index < -0.39 is 0 Å². The van der Waals surface area contributed by atoms with E-state index in [1.807, 2.05) is 6.07 Å². The Morgan fingerprint density at radius 2 is 2.21 bits per heavy atom. The first-order chi connectivity index (χ1) is 9.13. The molecule has 106 valence electrons. The molecule has 0 radical (unpaired) electrons. The summed E-state index contributed by atoms with van der Waals surface area (Å²) in [4.78, 5) is 2.50. The summed E-state index contributed by atoms with van der Waals surface area (Å²) < 4.78 is 5.73. The van der Waals surface area contributed by atoms with Gasteiger partial charge in [0.25, 0.3) is 0 Å². The molecule has 3 heteroatoms. The van der Waals surface area contributed by atoms with Gasteiger partial charge >= 0.3 is 0 Å². The average Bonchev–Trinajstić information content (AvgIpc) is 2.87. The molecule has 1 aliphatic heterocycles. The Bertz CT molecular complexity index is 417. The third-order valence-corrected chi connectivity index (χ3v) is 3.86. The van der Waals surface area contributed by atoms with Gasteiger partial charge in [-0.3, -0.25) is 0 Å². The van der Waals surface area contributed by atoms with Crippen molar-refractivity contribution in [3.63, 3.8) is 0 Å². The monoisotopic (exact) mass is 262 g/mol. The third-order valence-electron chi connectivity index (χ3n) is 3.86. The van der Waals surface area contributed by atoms with Crippen molar-refractivity contribution in [2.24, 2.45) is 5.92 Å². The molecule has 1 aromatic carbocycles. The third kappa shape index (κ3) is 3.14. The van der Waals surface area contributed by atoms with E-state index >= 15 is 0 Å². The van der Waals surface area contributed by atoms with Crippen LogP contribution >= 0.6 is 0 Å². The fourth-order valence-electron chi connectivity index (χ4n) is 2.84. The first-order valence-corrected chi connectivity index (χ1v) is 7.42. The number of nitrogens with zero attached hydrogens (tertiary/aromatic N) is 1. The summed E-state index contributed by atoms with van der Waals surface area (Å²) in [5, 5.41) is 0. The highest BCUT2D eigenvalue weighted by Gasteiger charge is 2.27. The molecule has 0 bridgehead atoms. The van der Waals surface area contributed by atoms with E-state index in [0.717, 1.165) is 31.0 Å². The van der Waals surface area contributed by atoms with Crippen LogP contribution in [0.3, 0.4) is 0 Å². The molecule has 1 aromatic rings. The normalized spacial score (nSPS) is 19.2. The molecule has 1 fully saturated rings. The highest BCUT2D eigenvalue weighted by Crippen LogP contribution is 2.34. The first-order valence-electron chi connectivity index (χ1n) is 7.42. The molecule has 1 atom stereocenters. The molecule has 1 unspecified atom stereocenters. The number of rotatable bonds is 5. The van der Waals surface area contributed by atoms with Crippen LogP contribution in [0, 0.1) is 5.92 Å². The minimum Gasteiger partial charge on any atom is -0.491 e. The zero-order valence-electron chi connectivity index (χ0n) is 12.4. The fraction of sp³-hybridized carbons (Fsp3) is 0.625. The van der Waals surface area contributed by atoms with E-state index in [2.05, 4.69) is 37.8 Å². The van der Waals surface area contributed by atoms with Crippen molar-refractivity contribution in [3.05, 3.63) is 18.2 Å². The summed E-state index contributed by atoms with van der Waals surface area (Å²) in [6.45, 7) is 8.57. The summed E-state index contributed by atoms with van der Waals surface area (Å²) >= 11 is 0. The number of hydrogen-bond donors (Lipinski definition) is 1. The lowest BCUT2D eigenvalue weighted by Gasteiger charge is -2.30. The van der Waals surface area contributed by atoms with E-state index in [1.54, 1.807) is 0 Å². The van der Waals surface area contributed by atoms with Crippen molar-refractivity contribution >= 4 is 11.4 Å². The van der Waals surface area contributed by atoms with E-state index in [-0.39, 0.29) is 0 Å². The minimum atomic E-state index is 0.641. The lowest BCUT2D eigenvalue weighted by molar-refractivity contribution is 0.319. The van der Waals surface area contributed by atoms with Crippen LogP contribution in [-0.4, -0.2) is 19.2 Å². The van der Waals surface area contributed by atoms with Crippen LogP contribution in [0.25, 0.3) is 0 Å². The molecule has 0 saturated carbocycles. The summed E-state index contributed by atoms with van der Waals surface area (Å²) in [6.07, 6.45) is 3.56. The summed E-state index contributed by atoms with van der Waals surface area (Å²) in [6, 6.07) is 6.83. The number of nitrogen functional groups attached to an aromatic ring is 1. The molecule has 1 heterocycles. The van der Waals surface area contributed by atoms with Crippen LogP contribution in [0.4, 0.5) is 11.4 Å². The van der Waals surface area contributed by atoms with Crippen molar-refractivity contribution < 1.29 is 4.74 Å². The molecule has 3 nitrogen and oxygen atoms in total. The highest BCUT2D eigenvalue weighted by atomic mass is 16.5. The molecule has 1 aliphatic rings. The molecular weight excluding hydrogens is 236 g/mol. The number of benzene rings is 1. The molecule has 0 amide bonds. The Balaban J connectivity index is 2.20. The maximum absolute atomic E-state index is 5.98. The van der Waals surface area contributed by atoms with E-state index in [4.69, 9.17) is 10.5 Å². The number of hydrogen-bond acceptors (Lipinski definition) is 3. The quantitative estimate of drug-likeness (QED) is 0.823. The Labute approximate surface area is 116 Å². The summed E-state index contributed by atoms with van der Waals surface area (Å²) in [5.74, 6) is 1.51. The maximum atomic E-state index is 5.98. The van der Waals surface area contributed by atoms with Gasteiger partial charge in [-0.25, -0.2) is 0 Å². The zero-order valence-corrected chi connectivity index (χ0v) is 12.4. The van der Waals surface area contributed by atoms with Crippen LogP contribution in [0.1, 0.15) is 40.0 Å². The van der Waals surface area contributed by atoms with Gasteiger partial charge < -0.3 is 15.4 Å². The van der Waals surface area contributed by atoms with Gasteiger partial charge in [-0.1, -0.05) is 20.8 Å². The van der Waals surface area contributed by atoms with Crippen LogP contribution in [-0.2, 0) is 0 Å². The molecule has 2 rings (SSSR count). The number of ether oxygens (including phenoxy) is 1. The van der Waals surface area contributed by atoms with Crippen molar-refractivity contribution in [1.29, 1.82) is 0 Å². The molecular formula is C16H26N2O. The largest absolute Gasteiger partial charge is 0.491 e. The topological polar surface area (TPSA) is 38.5 Å². The molecule has 19 heavy (non-hydrogen) atoms. The van der Waals surface area contributed by atoms with Crippen LogP contribution in [0.5, 0.6) is 5.75 Å². The maximum Gasteiger partial charge on any atom is 0.144 e. The molecule has 0 spiro atoms. The minimum absolute atomic E-state index is 0.641. The second-order valence-corrected chi connectivity index (χ2v) is 5.72. The average molecular weight is 262 g/mol. The van der Waals surface area contributed by atoms with Gasteiger partial charge in [0.15, 0.2) is 0 Å². The second-order valence-electron chi connectivity index (χ2n) is 5.72. The lowest BCUT2D eigenvalue weighted by atomic mass is 10.0. The Morgan fingerprint density at radius 1 is 1.42 bits per heavy atom. The van der Waals surface area contributed by atoms with Crippen LogP contribution in [0.15, 0.2) is 18.2 Å². The van der Waals surface area contributed by atoms with Gasteiger partial charge in [0, 0.05) is 24.3 Å². The van der Waals surface area contributed by atoms with Crippen molar-refractivity contribution in [3.8, 4) is 5.75 Å². The Kier molecular flexibility index (Phi) is 4.56. The van der Waals surface area contributed by atoms with Gasteiger partial charge in [-0.2, -0.15) is 0 Å². The van der Waals surface area contributed by atoms with Gasteiger partial charge in [0.1, 0.15) is 5.75 Å². The SMILES string of the molecule is CCCOc1cc(N2CCCC2C(C)C)ccc1N. The van der Waals surface area contributed by atoms with Crippen LogP contribution in [0.2, 0.25) is 0 Å². The highest BCUT2D eigenvalue weighted by molar-refractivity contribution is 5.63. The lowest BCUT2D eigenvalue weighted by Crippen LogP contribution is -2.33. The summed E-state index contributed by atoms with van der Waals surface area (Å²) in [5.41, 5.74) is 7.96. The van der Waals surface area contributed by atoms with Crippen molar-refractivity contribution in [2.45, 2.75) is 46.1 Å². The zero-order chi connectivity index (χ0) is 13.8. The summed E-state index contributed by atoms with van der Waals surface area (Å²) in [7, 11) is 0. The number of anilines is 2. The smallest absolute Gasteiger partial charge is 0.144 e. The number of nitrogens with two attached hydrogens (primary N) is 1. The fourth-order valence-corrected chi connectivity index (χ4v) is 2.84. The Morgan fingerprint density at radius 3 is 2.89 bits per heavy atom. The van der Waals surface area contributed by atoms with Crippen molar-refractivity contribution in [1.82, 2.24) is 0 Å². The van der Waals surface area contributed by atoms with Gasteiger partial charge in [0.2, 0.25) is 0 Å². The van der Waals surface area contributed by atoms with E-state index in [1.165, 1.54) is 18.5 Å². The molecule has 0 aliphatic carbocycles. The molecule has 0 aromatic heterocycles.